The van der Waals surface area contributed by atoms with Gasteiger partial charge in [-0.25, -0.2) is 4.98 Å². The van der Waals surface area contributed by atoms with Gasteiger partial charge in [-0.05, 0) is 51.1 Å². The lowest BCUT2D eigenvalue weighted by atomic mass is 9.79. The maximum atomic E-state index is 5.83. The van der Waals surface area contributed by atoms with Crippen molar-refractivity contribution in [2.24, 2.45) is 5.92 Å². The minimum Gasteiger partial charge on any atom is -0.375 e. The summed E-state index contributed by atoms with van der Waals surface area (Å²) in [5, 5.41) is 0.760. The predicted octanol–water partition coefficient (Wildman–Crippen LogP) is 3.47. The van der Waals surface area contributed by atoms with Crippen molar-refractivity contribution in [2.45, 2.75) is 45.1 Å². The van der Waals surface area contributed by atoms with E-state index in [1.165, 1.54) is 49.3 Å². The highest BCUT2D eigenvalue weighted by molar-refractivity contribution is 8.93. The number of halogens is 2. The van der Waals surface area contributed by atoms with Gasteiger partial charge in [-0.3, -0.25) is 4.90 Å². The van der Waals surface area contributed by atoms with Crippen molar-refractivity contribution in [3.63, 3.8) is 0 Å². The summed E-state index contributed by atoms with van der Waals surface area (Å²) in [5.41, 5.74) is 7.13. The number of likely N-dealkylation sites (tertiary alicyclic amines) is 1. The Labute approximate surface area is 140 Å². The van der Waals surface area contributed by atoms with Gasteiger partial charge in [-0.15, -0.1) is 45.3 Å². The summed E-state index contributed by atoms with van der Waals surface area (Å²) in [5.74, 6) is 0.823. The largest absolute Gasteiger partial charge is 0.375 e. The monoisotopic (exact) mass is 411 g/mol. The molecule has 1 aliphatic heterocycles. The highest BCUT2D eigenvalue weighted by atomic mass is 79.9. The normalized spacial score (nSPS) is 25.7. The minimum absolute atomic E-state index is 0. The van der Waals surface area contributed by atoms with Crippen LogP contribution in [0.4, 0.5) is 5.13 Å². The van der Waals surface area contributed by atoms with Crippen LogP contribution in [0.5, 0.6) is 0 Å². The van der Waals surface area contributed by atoms with Crippen LogP contribution < -0.4 is 5.73 Å². The average molecular weight is 413 g/mol. The number of nitrogen functional groups attached to an aromatic ring is 1. The molecule has 1 saturated heterocycles. The molecule has 3 rings (SSSR count). The fourth-order valence-corrected chi connectivity index (χ4v) is 4.38. The highest BCUT2D eigenvalue weighted by Crippen LogP contribution is 2.37. The number of fused-ring (bicyclic) bond motifs is 2. The Hall–Kier alpha value is 0.350. The second kappa shape index (κ2) is 7.38. The molecule has 2 unspecified atom stereocenters. The number of nitrogens with zero attached hydrogens (tertiary/aromatic N) is 2. The van der Waals surface area contributed by atoms with E-state index >= 15 is 0 Å². The lowest BCUT2D eigenvalue weighted by Gasteiger charge is -2.43. The molecule has 2 heterocycles. The van der Waals surface area contributed by atoms with Gasteiger partial charge in [0.05, 0.1) is 5.69 Å². The van der Waals surface area contributed by atoms with Gasteiger partial charge in [0.2, 0.25) is 0 Å². The molecule has 1 aromatic rings. The van der Waals surface area contributed by atoms with E-state index < -0.39 is 0 Å². The van der Waals surface area contributed by atoms with E-state index in [0.717, 1.165) is 23.5 Å². The topological polar surface area (TPSA) is 42.2 Å². The van der Waals surface area contributed by atoms with Gasteiger partial charge in [0.15, 0.2) is 5.13 Å². The number of hydrogen-bond donors (Lipinski definition) is 1. The summed E-state index contributed by atoms with van der Waals surface area (Å²) in [7, 11) is 0. The van der Waals surface area contributed by atoms with Crippen LogP contribution in [-0.2, 0) is 12.8 Å². The van der Waals surface area contributed by atoms with Crippen LogP contribution in [0.15, 0.2) is 0 Å². The van der Waals surface area contributed by atoms with E-state index in [9.17, 15) is 0 Å². The van der Waals surface area contributed by atoms with Gasteiger partial charge >= 0.3 is 0 Å². The van der Waals surface area contributed by atoms with E-state index in [1.807, 2.05) is 0 Å². The summed E-state index contributed by atoms with van der Waals surface area (Å²) in [6.45, 7) is 4.83. The molecule has 2 aliphatic rings. The van der Waals surface area contributed by atoms with E-state index in [4.69, 9.17) is 5.73 Å². The standard InChI is InChI=1S/C13H21N3S.2BrH/c1-2-5-16-6-3-4-9-7-10-12(8-11(9)16)17-13(14)15-10;;/h9,11H,2-8H2,1H3,(H2,14,15);2*1H. The molecule has 0 radical (unpaired) electrons. The fourth-order valence-electron chi connectivity index (χ4n) is 3.47. The van der Waals surface area contributed by atoms with Crippen molar-refractivity contribution in [1.82, 2.24) is 9.88 Å². The molecule has 0 spiro atoms. The van der Waals surface area contributed by atoms with Crippen molar-refractivity contribution >= 4 is 50.4 Å². The molecule has 0 saturated carbocycles. The van der Waals surface area contributed by atoms with Gasteiger partial charge in [0, 0.05) is 10.9 Å². The van der Waals surface area contributed by atoms with Crippen LogP contribution in [0.25, 0.3) is 0 Å². The summed E-state index contributed by atoms with van der Waals surface area (Å²) >= 11 is 1.71. The van der Waals surface area contributed by atoms with E-state index in [2.05, 4.69) is 16.8 Å². The summed E-state index contributed by atoms with van der Waals surface area (Å²) in [6.07, 6.45) is 6.35. The number of nitrogens with two attached hydrogens (primary N) is 1. The first-order valence-electron chi connectivity index (χ1n) is 6.76. The quantitative estimate of drug-likeness (QED) is 0.808. The molecule has 1 aromatic heterocycles. The second-order valence-corrected chi connectivity index (χ2v) is 6.45. The molecule has 6 heteroatoms. The lowest BCUT2D eigenvalue weighted by Crippen LogP contribution is -2.49. The van der Waals surface area contributed by atoms with Crippen LogP contribution in [0.3, 0.4) is 0 Å². The predicted molar refractivity (Wildman–Crippen MR) is 93.0 cm³/mol. The zero-order valence-electron chi connectivity index (χ0n) is 11.3. The van der Waals surface area contributed by atoms with Gasteiger partial charge in [-0.2, -0.15) is 0 Å². The Kier molecular flexibility index (Phi) is 6.76. The number of piperidine rings is 1. The molecule has 1 aliphatic carbocycles. The van der Waals surface area contributed by atoms with Crippen molar-refractivity contribution in [2.75, 3.05) is 18.8 Å². The van der Waals surface area contributed by atoms with Gasteiger partial charge in [0.1, 0.15) is 0 Å². The Balaban J connectivity index is 0.000000902. The first-order chi connectivity index (χ1) is 8.28. The zero-order chi connectivity index (χ0) is 11.8. The average Bonchev–Trinajstić information content (AvgIpc) is 2.66. The van der Waals surface area contributed by atoms with Crippen LogP contribution in [-0.4, -0.2) is 29.0 Å². The molecule has 3 nitrogen and oxygen atoms in total. The maximum absolute atomic E-state index is 5.83. The summed E-state index contributed by atoms with van der Waals surface area (Å²) in [6, 6.07) is 0.760. The maximum Gasteiger partial charge on any atom is 0.180 e. The molecule has 0 aromatic carbocycles. The third-order valence-electron chi connectivity index (χ3n) is 4.19. The molecular formula is C13H23Br2N3S. The smallest absolute Gasteiger partial charge is 0.180 e. The molecule has 1 fully saturated rings. The van der Waals surface area contributed by atoms with Crippen LogP contribution in [0.1, 0.15) is 36.8 Å². The van der Waals surface area contributed by atoms with E-state index in [-0.39, 0.29) is 34.0 Å². The first-order valence-corrected chi connectivity index (χ1v) is 7.57. The Morgan fingerprint density at radius 2 is 2.16 bits per heavy atom. The molecule has 19 heavy (non-hydrogen) atoms. The van der Waals surface area contributed by atoms with Crippen LogP contribution >= 0.6 is 45.3 Å². The number of rotatable bonds is 2. The lowest BCUT2D eigenvalue weighted by molar-refractivity contribution is 0.0857. The molecule has 0 amide bonds. The van der Waals surface area contributed by atoms with Gasteiger partial charge < -0.3 is 5.73 Å². The molecule has 110 valence electrons. The van der Waals surface area contributed by atoms with Crippen LogP contribution in [0, 0.1) is 5.92 Å². The summed E-state index contributed by atoms with van der Waals surface area (Å²) in [4.78, 5) is 8.64. The van der Waals surface area contributed by atoms with Crippen molar-refractivity contribution in [1.29, 1.82) is 0 Å². The zero-order valence-corrected chi connectivity index (χ0v) is 15.5. The van der Waals surface area contributed by atoms with Crippen LogP contribution in [0.2, 0.25) is 0 Å². The van der Waals surface area contributed by atoms with Crippen molar-refractivity contribution < 1.29 is 0 Å². The van der Waals surface area contributed by atoms with Gasteiger partial charge in [0.25, 0.3) is 0 Å². The third kappa shape index (κ3) is 3.52. The Morgan fingerprint density at radius 1 is 1.37 bits per heavy atom. The Morgan fingerprint density at radius 3 is 2.89 bits per heavy atom. The first kappa shape index (κ1) is 17.4. The Bertz CT molecular complexity index is 409. The number of thiazole rings is 1. The van der Waals surface area contributed by atoms with Crippen molar-refractivity contribution in [3.05, 3.63) is 10.6 Å². The molecule has 0 bridgehead atoms. The number of anilines is 1. The highest BCUT2D eigenvalue weighted by Gasteiger charge is 2.36. The summed E-state index contributed by atoms with van der Waals surface area (Å²) < 4.78 is 0. The SMILES string of the molecule is Br.Br.CCCN1CCCC2Cc3nc(N)sc3CC21. The van der Waals surface area contributed by atoms with Gasteiger partial charge in [-0.1, -0.05) is 6.92 Å². The number of hydrogen-bond acceptors (Lipinski definition) is 4. The molecular weight excluding hydrogens is 390 g/mol. The van der Waals surface area contributed by atoms with Crippen molar-refractivity contribution in [3.8, 4) is 0 Å². The van der Waals surface area contributed by atoms with E-state index in [0.29, 0.717) is 0 Å². The minimum atomic E-state index is 0. The second-order valence-electron chi connectivity index (χ2n) is 5.34. The number of aromatic nitrogens is 1. The molecule has 2 atom stereocenters. The fraction of sp³-hybridized carbons (Fsp3) is 0.769. The molecule has 2 N–H and O–H groups in total. The third-order valence-corrected chi connectivity index (χ3v) is 5.14. The van der Waals surface area contributed by atoms with E-state index in [1.54, 1.807) is 11.3 Å².